The lowest BCUT2D eigenvalue weighted by molar-refractivity contribution is 0.555. The van der Waals surface area contributed by atoms with E-state index in [1.54, 1.807) is 6.33 Å². The van der Waals surface area contributed by atoms with Gasteiger partial charge in [0.15, 0.2) is 0 Å². The molecule has 0 aliphatic carbocycles. The Hall–Kier alpha value is -0.320. The third kappa shape index (κ3) is 3.93. The number of nitrogens with one attached hydrogen (secondary N) is 1. The molecule has 1 rings (SSSR count). The maximum Gasteiger partial charge on any atom is 0.147 e. The summed E-state index contributed by atoms with van der Waals surface area (Å²) in [5.74, 6) is 0.988. The maximum atomic E-state index is 3.98. The number of aromatic nitrogens is 3. The zero-order chi connectivity index (χ0) is 8.27. The van der Waals surface area contributed by atoms with Crippen molar-refractivity contribution in [2.24, 2.45) is 0 Å². The van der Waals surface area contributed by atoms with E-state index in [0.29, 0.717) is 6.04 Å². The molecule has 0 spiro atoms. The van der Waals surface area contributed by atoms with Gasteiger partial charge in [-0.3, -0.25) is 0 Å². The molecule has 0 saturated carbocycles. The van der Waals surface area contributed by atoms with E-state index in [1.165, 1.54) is 0 Å². The predicted octanol–water partition coefficient (Wildman–Crippen LogP) is 1.42. The molecule has 0 saturated heterocycles. The van der Waals surface area contributed by atoms with Gasteiger partial charge in [-0.15, -0.1) is 35.0 Å². The molecule has 0 aliphatic rings. The number of rotatable bonds is 3. The van der Waals surface area contributed by atoms with Crippen molar-refractivity contribution in [3.63, 3.8) is 0 Å². The van der Waals surface area contributed by atoms with Gasteiger partial charge >= 0.3 is 0 Å². The fraction of sp³-hybridized carbons (Fsp3) is 0.714. The largest absolute Gasteiger partial charge is 0.314 e. The van der Waals surface area contributed by atoms with Crippen molar-refractivity contribution in [1.29, 1.82) is 0 Å². The van der Waals surface area contributed by atoms with E-state index in [9.17, 15) is 0 Å². The molecule has 13 heavy (non-hydrogen) atoms. The molecule has 0 bridgehead atoms. The van der Waals surface area contributed by atoms with Gasteiger partial charge < -0.3 is 9.88 Å². The van der Waals surface area contributed by atoms with Gasteiger partial charge in [0, 0.05) is 6.04 Å². The molecular weight excluding hydrogens is 211 g/mol. The second-order valence-electron chi connectivity index (χ2n) is 2.78. The first-order valence-electron chi connectivity index (χ1n) is 3.78. The summed E-state index contributed by atoms with van der Waals surface area (Å²) in [6.07, 6.45) is 1.76. The zero-order valence-electron chi connectivity index (χ0n) is 8.02. The van der Waals surface area contributed by atoms with E-state index in [-0.39, 0.29) is 24.8 Å². The second kappa shape index (κ2) is 7.12. The van der Waals surface area contributed by atoms with E-state index in [2.05, 4.69) is 33.9 Å². The van der Waals surface area contributed by atoms with E-state index in [4.69, 9.17) is 0 Å². The van der Waals surface area contributed by atoms with Crippen LogP contribution in [0.25, 0.3) is 0 Å². The molecule has 78 valence electrons. The molecule has 0 amide bonds. The molecule has 1 aromatic rings. The molecule has 4 nitrogen and oxygen atoms in total. The highest BCUT2D eigenvalue weighted by Gasteiger charge is 2.04. The van der Waals surface area contributed by atoms with E-state index >= 15 is 0 Å². The van der Waals surface area contributed by atoms with Crippen LogP contribution in [-0.4, -0.2) is 21.8 Å². The molecule has 0 aliphatic heterocycles. The minimum absolute atomic E-state index is 0. The smallest absolute Gasteiger partial charge is 0.147 e. The van der Waals surface area contributed by atoms with Gasteiger partial charge in [-0.2, -0.15) is 0 Å². The Morgan fingerprint density at radius 2 is 2.08 bits per heavy atom. The van der Waals surface area contributed by atoms with Crippen LogP contribution < -0.4 is 5.32 Å². The number of halogens is 2. The number of hydrogen-bond acceptors (Lipinski definition) is 3. The topological polar surface area (TPSA) is 42.7 Å². The van der Waals surface area contributed by atoms with Crippen molar-refractivity contribution >= 4 is 24.8 Å². The molecule has 0 fully saturated rings. The monoisotopic (exact) mass is 226 g/mol. The van der Waals surface area contributed by atoms with Crippen LogP contribution in [0, 0.1) is 0 Å². The summed E-state index contributed by atoms with van der Waals surface area (Å²) in [6.45, 7) is 5.00. The van der Waals surface area contributed by atoms with Crippen molar-refractivity contribution in [1.82, 2.24) is 20.1 Å². The Kier molecular flexibility index (Phi) is 8.30. The zero-order valence-corrected chi connectivity index (χ0v) is 9.65. The Labute approximate surface area is 90.9 Å². The number of hydrogen-bond donors (Lipinski definition) is 1. The highest BCUT2D eigenvalue weighted by atomic mass is 35.5. The Balaban J connectivity index is 0. The Bertz CT molecular complexity index is 224. The molecule has 1 heterocycles. The lowest BCUT2D eigenvalue weighted by Gasteiger charge is -2.08. The van der Waals surface area contributed by atoms with Crippen molar-refractivity contribution in [2.45, 2.75) is 26.4 Å². The van der Waals surface area contributed by atoms with Gasteiger partial charge in [-0.1, -0.05) is 0 Å². The lowest BCUT2D eigenvalue weighted by Crippen LogP contribution is -2.13. The average Bonchev–Trinajstić information content (AvgIpc) is 2.36. The van der Waals surface area contributed by atoms with Crippen LogP contribution in [-0.2, 0) is 6.54 Å². The average molecular weight is 227 g/mol. The summed E-state index contributed by atoms with van der Waals surface area (Å²) < 4.78 is 2.05. The summed E-state index contributed by atoms with van der Waals surface area (Å²) in [4.78, 5) is 0. The first kappa shape index (κ1) is 15.2. The fourth-order valence-electron chi connectivity index (χ4n) is 0.983. The van der Waals surface area contributed by atoms with Gasteiger partial charge in [-0.05, 0) is 20.9 Å². The molecule has 0 aromatic carbocycles. The second-order valence-corrected chi connectivity index (χ2v) is 2.78. The summed E-state index contributed by atoms with van der Waals surface area (Å²) >= 11 is 0. The Morgan fingerprint density at radius 1 is 1.46 bits per heavy atom. The van der Waals surface area contributed by atoms with Crippen molar-refractivity contribution in [3.8, 4) is 0 Å². The molecule has 1 N–H and O–H groups in total. The first-order chi connectivity index (χ1) is 5.25. The van der Waals surface area contributed by atoms with Gasteiger partial charge in [-0.25, -0.2) is 0 Å². The van der Waals surface area contributed by atoms with Crippen LogP contribution in [0.4, 0.5) is 0 Å². The van der Waals surface area contributed by atoms with Crippen LogP contribution in [0.15, 0.2) is 6.33 Å². The quantitative estimate of drug-likeness (QED) is 0.849. The summed E-state index contributed by atoms with van der Waals surface area (Å²) in [6, 6.07) is 0.438. The normalized spacial score (nSPS) is 9.23. The van der Waals surface area contributed by atoms with Gasteiger partial charge in [0.05, 0.1) is 6.54 Å². The maximum absolute atomic E-state index is 3.98. The third-order valence-electron chi connectivity index (χ3n) is 1.54. The first-order valence-corrected chi connectivity index (χ1v) is 3.78. The minimum Gasteiger partial charge on any atom is -0.314 e. The predicted molar refractivity (Wildman–Crippen MR) is 57.7 cm³/mol. The highest BCUT2D eigenvalue weighted by Crippen LogP contribution is 2.05. The fourth-order valence-corrected chi connectivity index (χ4v) is 0.983. The summed E-state index contributed by atoms with van der Waals surface area (Å²) in [7, 11) is 1.90. The summed E-state index contributed by atoms with van der Waals surface area (Å²) in [5.41, 5.74) is 0. The van der Waals surface area contributed by atoms with Crippen LogP contribution in [0.1, 0.15) is 25.7 Å². The molecular formula is C7H16Cl2N4. The van der Waals surface area contributed by atoms with E-state index < -0.39 is 0 Å². The van der Waals surface area contributed by atoms with Crippen molar-refractivity contribution in [3.05, 3.63) is 12.2 Å². The lowest BCUT2D eigenvalue weighted by atomic mass is 10.4. The SMILES string of the molecule is CNCc1nncn1C(C)C.Cl.Cl. The van der Waals surface area contributed by atoms with Crippen molar-refractivity contribution < 1.29 is 0 Å². The Morgan fingerprint density at radius 3 is 2.54 bits per heavy atom. The van der Waals surface area contributed by atoms with E-state index in [0.717, 1.165) is 12.4 Å². The van der Waals surface area contributed by atoms with Crippen LogP contribution >= 0.6 is 24.8 Å². The molecule has 6 heteroatoms. The van der Waals surface area contributed by atoms with Crippen LogP contribution in [0.5, 0.6) is 0 Å². The van der Waals surface area contributed by atoms with Gasteiger partial charge in [0.25, 0.3) is 0 Å². The molecule has 0 unspecified atom stereocenters. The standard InChI is InChI=1S/C7H14N4.2ClH/c1-6(2)11-5-9-10-7(11)4-8-3;;/h5-6,8H,4H2,1-3H3;2*1H. The molecule has 0 atom stereocenters. The third-order valence-corrected chi connectivity index (χ3v) is 1.54. The number of nitrogens with zero attached hydrogens (tertiary/aromatic N) is 3. The molecule has 0 radical (unpaired) electrons. The highest BCUT2D eigenvalue weighted by molar-refractivity contribution is 5.85. The van der Waals surface area contributed by atoms with E-state index in [1.807, 2.05) is 7.05 Å². The van der Waals surface area contributed by atoms with Gasteiger partial charge in [0.1, 0.15) is 12.2 Å². The minimum atomic E-state index is 0. The van der Waals surface area contributed by atoms with Crippen LogP contribution in [0.3, 0.4) is 0 Å². The molecule has 1 aromatic heterocycles. The van der Waals surface area contributed by atoms with Crippen molar-refractivity contribution in [2.75, 3.05) is 7.05 Å². The summed E-state index contributed by atoms with van der Waals surface area (Å²) in [5, 5.41) is 10.9. The van der Waals surface area contributed by atoms with Crippen LogP contribution in [0.2, 0.25) is 0 Å². The van der Waals surface area contributed by atoms with Gasteiger partial charge in [0.2, 0.25) is 0 Å².